The van der Waals surface area contributed by atoms with Crippen LogP contribution in [0, 0.1) is 0 Å². The summed E-state index contributed by atoms with van der Waals surface area (Å²) in [5.74, 6) is 0.388. The Bertz CT molecular complexity index is 546. The first kappa shape index (κ1) is 12.3. The minimum atomic E-state index is -0.0904. The van der Waals surface area contributed by atoms with Crippen LogP contribution in [-0.4, -0.2) is 25.4 Å². The van der Waals surface area contributed by atoms with Crippen molar-refractivity contribution in [2.45, 2.75) is 33.0 Å². The van der Waals surface area contributed by atoms with Crippen LogP contribution in [-0.2, 0) is 13.1 Å². The van der Waals surface area contributed by atoms with Gasteiger partial charge in [-0.2, -0.15) is 5.10 Å². The zero-order valence-corrected chi connectivity index (χ0v) is 10.6. The summed E-state index contributed by atoms with van der Waals surface area (Å²) in [6.45, 7) is 5.25. The number of hydrogen-bond donors (Lipinski definition) is 1. The SMILES string of the molecule is CCn1ccnc(NC(C)Cn2cccn2)c1=O. The van der Waals surface area contributed by atoms with E-state index in [0.29, 0.717) is 18.9 Å². The summed E-state index contributed by atoms with van der Waals surface area (Å²) < 4.78 is 3.44. The van der Waals surface area contributed by atoms with E-state index in [1.807, 2.05) is 30.8 Å². The van der Waals surface area contributed by atoms with Crippen molar-refractivity contribution >= 4 is 5.82 Å². The summed E-state index contributed by atoms with van der Waals surface area (Å²) in [4.78, 5) is 16.0. The van der Waals surface area contributed by atoms with Gasteiger partial charge in [0.2, 0.25) is 0 Å². The molecule has 0 bridgehead atoms. The van der Waals surface area contributed by atoms with E-state index in [2.05, 4.69) is 15.4 Å². The summed E-state index contributed by atoms with van der Waals surface area (Å²) in [6, 6.07) is 1.95. The molecular formula is C12H17N5O. The third kappa shape index (κ3) is 2.77. The number of anilines is 1. The van der Waals surface area contributed by atoms with Crippen molar-refractivity contribution in [3.8, 4) is 0 Å². The van der Waals surface area contributed by atoms with Gasteiger partial charge in [0.15, 0.2) is 5.82 Å². The quantitative estimate of drug-likeness (QED) is 0.854. The minimum Gasteiger partial charge on any atom is -0.361 e. The highest BCUT2D eigenvalue weighted by atomic mass is 16.1. The van der Waals surface area contributed by atoms with Crippen LogP contribution in [0.4, 0.5) is 5.82 Å². The monoisotopic (exact) mass is 247 g/mol. The molecule has 0 amide bonds. The Balaban J connectivity index is 2.07. The molecule has 1 unspecified atom stereocenters. The number of aromatic nitrogens is 4. The maximum absolute atomic E-state index is 12.0. The Morgan fingerprint density at radius 3 is 2.89 bits per heavy atom. The van der Waals surface area contributed by atoms with E-state index in [9.17, 15) is 4.79 Å². The van der Waals surface area contributed by atoms with Crippen molar-refractivity contribution in [2.75, 3.05) is 5.32 Å². The van der Waals surface area contributed by atoms with Crippen LogP contribution in [0.15, 0.2) is 35.6 Å². The third-order valence-corrected chi connectivity index (χ3v) is 2.66. The molecule has 6 heteroatoms. The van der Waals surface area contributed by atoms with Gasteiger partial charge in [-0.1, -0.05) is 0 Å². The minimum absolute atomic E-state index is 0.0813. The summed E-state index contributed by atoms with van der Waals surface area (Å²) in [6.07, 6.45) is 6.94. The van der Waals surface area contributed by atoms with Gasteiger partial charge in [-0.05, 0) is 19.9 Å². The van der Waals surface area contributed by atoms with Crippen LogP contribution < -0.4 is 10.9 Å². The van der Waals surface area contributed by atoms with Crippen molar-refractivity contribution in [3.63, 3.8) is 0 Å². The fraction of sp³-hybridized carbons (Fsp3) is 0.417. The molecule has 6 nitrogen and oxygen atoms in total. The van der Waals surface area contributed by atoms with Crippen LogP contribution in [0.2, 0.25) is 0 Å². The Kier molecular flexibility index (Phi) is 3.76. The fourth-order valence-corrected chi connectivity index (χ4v) is 1.76. The van der Waals surface area contributed by atoms with Gasteiger partial charge >= 0.3 is 0 Å². The molecule has 0 aromatic carbocycles. The van der Waals surface area contributed by atoms with Crippen molar-refractivity contribution < 1.29 is 0 Å². The molecule has 2 heterocycles. The lowest BCUT2D eigenvalue weighted by Crippen LogP contribution is -2.29. The molecule has 2 aromatic rings. The van der Waals surface area contributed by atoms with E-state index in [1.54, 1.807) is 23.2 Å². The fourth-order valence-electron chi connectivity index (χ4n) is 1.76. The standard InChI is InChI=1S/C12H17N5O/c1-3-16-8-6-13-11(12(16)18)15-10(2)9-17-7-4-5-14-17/h4-8,10H,3,9H2,1-2H3,(H,13,15). The first-order valence-electron chi connectivity index (χ1n) is 6.00. The summed E-state index contributed by atoms with van der Waals surface area (Å²) >= 11 is 0. The number of nitrogens with zero attached hydrogens (tertiary/aromatic N) is 4. The van der Waals surface area contributed by atoms with Crippen molar-refractivity contribution in [1.82, 2.24) is 19.3 Å². The molecule has 0 aliphatic rings. The van der Waals surface area contributed by atoms with Crippen LogP contribution >= 0.6 is 0 Å². The predicted molar refractivity (Wildman–Crippen MR) is 69.5 cm³/mol. The molecule has 1 N–H and O–H groups in total. The first-order valence-corrected chi connectivity index (χ1v) is 6.00. The summed E-state index contributed by atoms with van der Waals surface area (Å²) in [5.41, 5.74) is -0.0904. The maximum atomic E-state index is 12.0. The second kappa shape index (κ2) is 5.48. The summed E-state index contributed by atoms with van der Waals surface area (Å²) in [5, 5.41) is 7.24. The topological polar surface area (TPSA) is 64.7 Å². The Labute approximate surface area is 105 Å². The normalized spacial score (nSPS) is 12.3. The second-order valence-electron chi connectivity index (χ2n) is 4.14. The average Bonchev–Trinajstić information content (AvgIpc) is 2.84. The largest absolute Gasteiger partial charge is 0.361 e. The molecule has 0 saturated heterocycles. The molecular weight excluding hydrogens is 230 g/mol. The summed E-state index contributed by atoms with van der Waals surface area (Å²) in [7, 11) is 0. The Morgan fingerprint density at radius 2 is 2.22 bits per heavy atom. The van der Waals surface area contributed by atoms with Gasteiger partial charge in [0.1, 0.15) is 0 Å². The zero-order chi connectivity index (χ0) is 13.0. The van der Waals surface area contributed by atoms with E-state index < -0.39 is 0 Å². The van der Waals surface area contributed by atoms with E-state index in [1.165, 1.54) is 0 Å². The number of rotatable bonds is 5. The van der Waals surface area contributed by atoms with Gasteiger partial charge in [0.25, 0.3) is 5.56 Å². The van der Waals surface area contributed by atoms with Crippen LogP contribution in [0.3, 0.4) is 0 Å². The highest BCUT2D eigenvalue weighted by Gasteiger charge is 2.08. The van der Waals surface area contributed by atoms with Crippen LogP contribution in [0.25, 0.3) is 0 Å². The van der Waals surface area contributed by atoms with E-state index in [0.717, 1.165) is 0 Å². The number of hydrogen-bond acceptors (Lipinski definition) is 4. The van der Waals surface area contributed by atoms with Crippen molar-refractivity contribution in [2.24, 2.45) is 0 Å². The maximum Gasteiger partial charge on any atom is 0.293 e. The van der Waals surface area contributed by atoms with Crippen molar-refractivity contribution in [1.29, 1.82) is 0 Å². The third-order valence-electron chi connectivity index (χ3n) is 2.66. The van der Waals surface area contributed by atoms with E-state index >= 15 is 0 Å². The lowest BCUT2D eigenvalue weighted by molar-refractivity contribution is 0.558. The molecule has 2 rings (SSSR count). The molecule has 18 heavy (non-hydrogen) atoms. The smallest absolute Gasteiger partial charge is 0.293 e. The average molecular weight is 247 g/mol. The molecule has 0 spiro atoms. The lowest BCUT2D eigenvalue weighted by atomic mass is 10.3. The molecule has 1 atom stereocenters. The molecule has 0 aliphatic carbocycles. The zero-order valence-electron chi connectivity index (χ0n) is 10.6. The second-order valence-corrected chi connectivity index (χ2v) is 4.14. The number of aryl methyl sites for hydroxylation is 1. The van der Waals surface area contributed by atoms with Gasteiger partial charge in [0, 0.05) is 37.4 Å². The van der Waals surface area contributed by atoms with E-state index in [4.69, 9.17) is 0 Å². The van der Waals surface area contributed by atoms with Gasteiger partial charge in [-0.3, -0.25) is 9.48 Å². The Morgan fingerprint density at radius 1 is 1.39 bits per heavy atom. The molecule has 2 aromatic heterocycles. The molecule has 96 valence electrons. The van der Waals surface area contributed by atoms with Crippen molar-refractivity contribution in [3.05, 3.63) is 41.2 Å². The van der Waals surface area contributed by atoms with Gasteiger partial charge in [-0.15, -0.1) is 0 Å². The molecule has 0 saturated carbocycles. The van der Waals surface area contributed by atoms with Gasteiger partial charge in [0.05, 0.1) is 6.54 Å². The van der Waals surface area contributed by atoms with Crippen LogP contribution in [0.1, 0.15) is 13.8 Å². The Hall–Kier alpha value is -2.11. The molecule has 0 aliphatic heterocycles. The number of nitrogens with one attached hydrogen (secondary N) is 1. The predicted octanol–water partition coefficient (Wildman–Crippen LogP) is 0.960. The van der Waals surface area contributed by atoms with Gasteiger partial charge in [-0.25, -0.2) is 4.98 Å². The molecule has 0 fully saturated rings. The van der Waals surface area contributed by atoms with Crippen LogP contribution in [0.5, 0.6) is 0 Å². The highest BCUT2D eigenvalue weighted by molar-refractivity contribution is 5.31. The molecule has 0 radical (unpaired) electrons. The van der Waals surface area contributed by atoms with Gasteiger partial charge < -0.3 is 9.88 Å². The first-order chi connectivity index (χ1) is 8.70. The van der Waals surface area contributed by atoms with E-state index in [-0.39, 0.29) is 11.6 Å². The lowest BCUT2D eigenvalue weighted by Gasteiger charge is -2.14. The highest BCUT2D eigenvalue weighted by Crippen LogP contribution is 1.99.